The predicted molar refractivity (Wildman–Crippen MR) is 90.9 cm³/mol. The highest BCUT2D eigenvalue weighted by Crippen LogP contribution is 2.27. The lowest BCUT2D eigenvalue weighted by Gasteiger charge is -2.19. The number of hydrogen-bond acceptors (Lipinski definition) is 3. The molecule has 5 nitrogen and oxygen atoms in total. The van der Waals surface area contributed by atoms with Crippen LogP contribution in [0.15, 0.2) is 18.2 Å². The third-order valence-electron chi connectivity index (χ3n) is 4.35. The van der Waals surface area contributed by atoms with Gasteiger partial charge < -0.3 is 15.0 Å². The van der Waals surface area contributed by atoms with E-state index in [0.29, 0.717) is 13.0 Å². The minimum absolute atomic E-state index is 0.271. The number of nitrogens with one attached hydrogen (secondary N) is 1. The number of nitrogens with zero attached hydrogens (tertiary/aromatic N) is 1. The first kappa shape index (κ1) is 20.2. The molecule has 2 rings (SSSR count). The van der Waals surface area contributed by atoms with E-state index >= 15 is 0 Å². The molecule has 1 fully saturated rings. The molecule has 144 valence electrons. The third kappa shape index (κ3) is 5.20. The Morgan fingerprint density at radius 3 is 2.65 bits per heavy atom. The number of rotatable bonds is 6. The second kappa shape index (κ2) is 8.07. The molecule has 2 unspecified atom stereocenters. The highest BCUT2D eigenvalue weighted by atomic mass is 19.4. The number of benzene rings is 1. The maximum Gasteiger partial charge on any atom is 0.411 e. The fraction of sp³-hybridized carbons (Fsp3) is 0.556. The van der Waals surface area contributed by atoms with Gasteiger partial charge >= 0.3 is 6.18 Å². The number of aryl methyl sites for hydroxylation is 2. The van der Waals surface area contributed by atoms with Gasteiger partial charge in [-0.1, -0.05) is 6.07 Å². The molecule has 0 saturated carbocycles. The minimum atomic E-state index is -4.40. The van der Waals surface area contributed by atoms with Crippen molar-refractivity contribution in [2.24, 2.45) is 5.92 Å². The highest BCUT2D eigenvalue weighted by molar-refractivity contribution is 6.09. The van der Waals surface area contributed by atoms with Gasteiger partial charge in [-0.05, 0) is 50.5 Å². The average Bonchev–Trinajstić information content (AvgIpc) is 2.90. The molecule has 0 aliphatic carbocycles. The molecule has 1 aromatic carbocycles. The number of carbonyl (C=O) groups excluding carboxylic acids is 2. The van der Waals surface area contributed by atoms with Crippen LogP contribution in [0.25, 0.3) is 0 Å². The molecule has 1 heterocycles. The zero-order valence-corrected chi connectivity index (χ0v) is 15.0. The number of amides is 2. The Morgan fingerprint density at radius 2 is 2.04 bits per heavy atom. The molecule has 1 N–H and O–H groups in total. The van der Waals surface area contributed by atoms with Crippen LogP contribution in [-0.2, 0) is 14.3 Å². The molecule has 0 radical (unpaired) electrons. The lowest BCUT2D eigenvalue weighted by Crippen LogP contribution is -2.43. The maximum atomic E-state index is 12.6. The zero-order chi connectivity index (χ0) is 19.5. The zero-order valence-electron chi connectivity index (χ0n) is 15.0. The number of ether oxygens (including phenoxy) is 1. The summed E-state index contributed by atoms with van der Waals surface area (Å²) in [4.78, 5) is 26.4. The second-order valence-electron chi connectivity index (χ2n) is 6.64. The monoisotopic (exact) mass is 372 g/mol. The largest absolute Gasteiger partial charge is 0.411 e. The van der Waals surface area contributed by atoms with E-state index in [-0.39, 0.29) is 12.5 Å². The van der Waals surface area contributed by atoms with Gasteiger partial charge in [-0.3, -0.25) is 9.59 Å². The fourth-order valence-corrected chi connectivity index (χ4v) is 2.81. The summed E-state index contributed by atoms with van der Waals surface area (Å²) in [5, 5.41) is 2.55. The van der Waals surface area contributed by atoms with Crippen LogP contribution >= 0.6 is 0 Å². The van der Waals surface area contributed by atoms with Crippen molar-refractivity contribution in [1.82, 2.24) is 5.32 Å². The van der Waals surface area contributed by atoms with E-state index in [1.54, 1.807) is 4.90 Å². The summed E-state index contributed by atoms with van der Waals surface area (Å²) in [5.74, 6) is -1.61. The molecule has 2 atom stereocenters. The minimum Gasteiger partial charge on any atom is -0.370 e. The Balaban J connectivity index is 1.90. The Kier molecular flexibility index (Phi) is 6.28. The summed E-state index contributed by atoms with van der Waals surface area (Å²) in [6.45, 7) is 4.26. The van der Waals surface area contributed by atoms with Crippen LogP contribution in [0.2, 0.25) is 0 Å². The topological polar surface area (TPSA) is 58.6 Å². The van der Waals surface area contributed by atoms with Crippen LogP contribution in [0.1, 0.15) is 24.5 Å². The Bertz CT molecular complexity index is 676. The van der Waals surface area contributed by atoms with E-state index in [2.05, 4.69) is 10.1 Å². The third-order valence-corrected chi connectivity index (χ3v) is 4.35. The van der Waals surface area contributed by atoms with Gasteiger partial charge in [0.1, 0.15) is 12.5 Å². The number of hydrogen-bond donors (Lipinski definition) is 1. The first-order valence-electron chi connectivity index (χ1n) is 8.42. The van der Waals surface area contributed by atoms with E-state index in [4.69, 9.17) is 0 Å². The van der Waals surface area contributed by atoms with Gasteiger partial charge in [-0.2, -0.15) is 13.2 Å². The second-order valence-corrected chi connectivity index (χ2v) is 6.64. The lowest BCUT2D eigenvalue weighted by atomic mass is 10.1. The molecule has 26 heavy (non-hydrogen) atoms. The summed E-state index contributed by atoms with van der Waals surface area (Å²) in [5.41, 5.74) is 2.91. The maximum absolute atomic E-state index is 12.6. The van der Waals surface area contributed by atoms with Gasteiger partial charge in [0.05, 0.1) is 6.61 Å². The summed E-state index contributed by atoms with van der Waals surface area (Å²) < 4.78 is 40.7. The number of anilines is 1. The van der Waals surface area contributed by atoms with Crippen molar-refractivity contribution >= 4 is 17.5 Å². The molecule has 1 aromatic rings. The first-order valence-corrected chi connectivity index (χ1v) is 8.42. The van der Waals surface area contributed by atoms with Crippen LogP contribution in [0.4, 0.5) is 18.9 Å². The Hall–Kier alpha value is -2.09. The Morgan fingerprint density at radius 1 is 1.35 bits per heavy atom. The Labute approximate surface area is 150 Å². The van der Waals surface area contributed by atoms with Crippen molar-refractivity contribution in [1.29, 1.82) is 0 Å². The van der Waals surface area contributed by atoms with Gasteiger partial charge in [0.15, 0.2) is 0 Å². The molecular formula is C18H23F3N2O3. The van der Waals surface area contributed by atoms with Crippen molar-refractivity contribution in [3.8, 4) is 0 Å². The van der Waals surface area contributed by atoms with Crippen molar-refractivity contribution < 1.29 is 27.5 Å². The van der Waals surface area contributed by atoms with Crippen LogP contribution in [0, 0.1) is 19.8 Å². The van der Waals surface area contributed by atoms with Crippen molar-refractivity contribution in [2.45, 2.75) is 39.4 Å². The van der Waals surface area contributed by atoms with E-state index in [0.717, 1.165) is 16.8 Å². The lowest BCUT2D eigenvalue weighted by molar-refractivity contribution is -0.175. The quantitative estimate of drug-likeness (QED) is 0.782. The van der Waals surface area contributed by atoms with E-state index in [9.17, 15) is 22.8 Å². The molecule has 2 amide bonds. The SMILES string of the molecule is Cc1ccc(N2CCC(C(=O)NC(C)COCC(F)(F)F)C2=O)cc1C. The molecule has 8 heteroatoms. The predicted octanol–water partition coefficient (Wildman–Crippen LogP) is 2.74. The van der Waals surface area contributed by atoms with E-state index in [1.807, 2.05) is 32.0 Å². The van der Waals surface area contributed by atoms with Gasteiger partial charge in [-0.25, -0.2) is 0 Å². The molecule has 0 bridgehead atoms. The normalized spacial score (nSPS) is 18.9. The van der Waals surface area contributed by atoms with Gasteiger partial charge in [0.25, 0.3) is 0 Å². The molecule has 0 aromatic heterocycles. The highest BCUT2D eigenvalue weighted by Gasteiger charge is 2.38. The molecule has 0 spiro atoms. The number of carbonyl (C=O) groups is 2. The molecule has 1 saturated heterocycles. The summed E-state index contributed by atoms with van der Waals surface area (Å²) >= 11 is 0. The molecular weight excluding hydrogens is 349 g/mol. The summed E-state index contributed by atoms with van der Waals surface area (Å²) in [7, 11) is 0. The number of alkyl halides is 3. The summed E-state index contributed by atoms with van der Waals surface area (Å²) in [6, 6.07) is 5.05. The average molecular weight is 372 g/mol. The van der Waals surface area contributed by atoms with Crippen LogP contribution in [0.5, 0.6) is 0 Å². The van der Waals surface area contributed by atoms with Crippen molar-refractivity contribution in [2.75, 3.05) is 24.7 Å². The standard InChI is InChI=1S/C18H23F3N2O3/c1-11-4-5-14(8-12(11)2)23-7-6-15(17(23)25)16(24)22-13(3)9-26-10-18(19,20)21/h4-5,8,13,15H,6-7,9-10H2,1-3H3,(H,22,24). The smallest absolute Gasteiger partial charge is 0.370 e. The van der Waals surface area contributed by atoms with Crippen LogP contribution in [0.3, 0.4) is 0 Å². The van der Waals surface area contributed by atoms with E-state index in [1.165, 1.54) is 6.92 Å². The van der Waals surface area contributed by atoms with Crippen molar-refractivity contribution in [3.63, 3.8) is 0 Å². The number of halogens is 3. The van der Waals surface area contributed by atoms with Crippen molar-refractivity contribution in [3.05, 3.63) is 29.3 Å². The van der Waals surface area contributed by atoms with Crippen LogP contribution in [-0.4, -0.2) is 43.8 Å². The summed E-state index contributed by atoms with van der Waals surface area (Å²) in [6.07, 6.45) is -4.04. The molecule has 1 aliphatic heterocycles. The molecule has 1 aliphatic rings. The van der Waals surface area contributed by atoms with E-state index < -0.39 is 30.7 Å². The van der Waals surface area contributed by atoms with Crippen LogP contribution < -0.4 is 10.2 Å². The van der Waals surface area contributed by atoms with Gasteiger partial charge in [-0.15, -0.1) is 0 Å². The van der Waals surface area contributed by atoms with Gasteiger partial charge in [0.2, 0.25) is 11.8 Å². The van der Waals surface area contributed by atoms with Gasteiger partial charge in [0, 0.05) is 18.3 Å². The fourth-order valence-electron chi connectivity index (χ4n) is 2.81. The first-order chi connectivity index (χ1) is 12.1.